The van der Waals surface area contributed by atoms with Crippen molar-refractivity contribution in [1.82, 2.24) is 5.32 Å². The largest absolute Gasteiger partial charge is 0.493 e. The average molecular weight is 433 g/mol. The average Bonchev–Trinajstić information content (AvgIpc) is 2.59. The lowest BCUT2D eigenvalue weighted by molar-refractivity contribution is 0.278. The Labute approximate surface area is 160 Å². The molecule has 2 rings (SSSR count). The van der Waals surface area contributed by atoms with Crippen molar-refractivity contribution >= 4 is 27.5 Å². The molecular formula is C18H20BrClFNO3. The van der Waals surface area contributed by atoms with Gasteiger partial charge in [-0.05, 0) is 37.2 Å². The quantitative estimate of drug-likeness (QED) is 0.580. The van der Waals surface area contributed by atoms with Crippen molar-refractivity contribution in [2.75, 3.05) is 20.3 Å². The molecule has 0 radical (unpaired) electrons. The van der Waals surface area contributed by atoms with Gasteiger partial charge >= 0.3 is 0 Å². The first-order valence-electron chi connectivity index (χ1n) is 7.80. The third kappa shape index (κ3) is 5.57. The van der Waals surface area contributed by atoms with Crippen LogP contribution in [0.4, 0.5) is 4.39 Å². The number of methoxy groups -OCH3 is 1. The maximum absolute atomic E-state index is 13.2. The minimum Gasteiger partial charge on any atom is -0.493 e. The van der Waals surface area contributed by atoms with Crippen LogP contribution in [0.25, 0.3) is 0 Å². The van der Waals surface area contributed by atoms with E-state index in [-0.39, 0.29) is 19.0 Å². The number of rotatable bonds is 9. The van der Waals surface area contributed by atoms with Gasteiger partial charge in [0.2, 0.25) is 0 Å². The maximum Gasteiger partial charge on any atom is 0.167 e. The van der Waals surface area contributed by atoms with Gasteiger partial charge in [-0.1, -0.05) is 33.6 Å². The third-order valence-electron chi connectivity index (χ3n) is 3.59. The van der Waals surface area contributed by atoms with Gasteiger partial charge in [0.05, 0.1) is 12.1 Å². The van der Waals surface area contributed by atoms with Crippen LogP contribution in [-0.2, 0) is 13.2 Å². The molecule has 0 unspecified atom stereocenters. The second-order valence-corrected chi connectivity index (χ2v) is 6.60. The fraction of sp³-hybridized carbons (Fsp3) is 0.333. The van der Waals surface area contributed by atoms with Crippen molar-refractivity contribution in [3.8, 4) is 11.5 Å². The Bertz CT molecular complexity index is 715. The molecule has 0 aromatic heterocycles. The summed E-state index contributed by atoms with van der Waals surface area (Å²) in [4.78, 5) is 0. The molecule has 0 bridgehead atoms. The van der Waals surface area contributed by atoms with Gasteiger partial charge in [0.1, 0.15) is 12.4 Å². The van der Waals surface area contributed by atoms with Gasteiger partial charge in [0, 0.05) is 28.8 Å². The van der Waals surface area contributed by atoms with Crippen LogP contribution in [0.1, 0.15) is 17.5 Å². The highest BCUT2D eigenvalue weighted by atomic mass is 79.9. The van der Waals surface area contributed by atoms with E-state index >= 15 is 0 Å². The number of hydrogen-bond acceptors (Lipinski definition) is 4. The van der Waals surface area contributed by atoms with Gasteiger partial charge in [-0.15, -0.1) is 0 Å². The number of benzene rings is 2. The van der Waals surface area contributed by atoms with Gasteiger partial charge < -0.3 is 19.9 Å². The summed E-state index contributed by atoms with van der Waals surface area (Å²) >= 11 is 9.59. The zero-order valence-corrected chi connectivity index (χ0v) is 16.2. The van der Waals surface area contributed by atoms with Crippen molar-refractivity contribution in [3.05, 3.63) is 56.8 Å². The number of halogens is 3. The first kappa shape index (κ1) is 20.0. The van der Waals surface area contributed by atoms with Crippen molar-refractivity contribution < 1.29 is 19.0 Å². The smallest absolute Gasteiger partial charge is 0.167 e. The minimum absolute atomic E-state index is 0.138. The van der Waals surface area contributed by atoms with E-state index in [9.17, 15) is 4.39 Å². The van der Waals surface area contributed by atoms with E-state index in [1.54, 1.807) is 13.2 Å². The van der Waals surface area contributed by atoms with Crippen LogP contribution < -0.4 is 14.8 Å². The van der Waals surface area contributed by atoms with E-state index in [0.717, 1.165) is 10.0 Å². The highest BCUT2D eigenvalue weighted by Crippen LogP contribution is 2.37. The molecule has 2 aromatic carbocycles. The Morgan fingerprint density at radius 2 is 2.08 bits per heavy atom. The zero-order chi connectivity index (χ0) is 18.2. The maximum atomic E-state index is 13.2. The fourth-order valence-electron chi connectivity index (χ4n) is 2.27. The molecule has 0 fully saturated rings. The Hall–Kier alpha value is -1.34. The standard InChI is InChI=1S/C18H20BrClFNO3/c1-24-17-6-5-15(19)14(10-22-7-2-8-23)18(17)25-11-12-3-4-13(21)9-16(12)20/h3-6,9,22-23H,2,7-8,10-11H2,1H3. The molecule has 25 heavy (non-hydrogen) atoms. The number of hydrogen-bond donors (Lipinski definition) is 2. The van der Waals surface area contributed by atoms with Crippen LogP contribution >= 0.6 is 27.5 Å². The van der Waals surface area contributed by atoms with E-state index in [1.165, 1.54) is 12.1 Å². The second kappa shape index (κ2) is 9.97. The molecule has 0 aliphatic heterocycles. The van der Waals surface area contributed by atoms with Crippen LogP contribution in [0.15, 0.2) is 34.8 Å². The number of ether oxygens (including phenoxy) is 2. The highest BCUT2D eigenvalue weighted by Gasteiger charge is 2.15. The van der Waals surface area contributed by atoms with Gasteiger partial charge in [0.25, 0.3) is 0 Å². The second-order valence-electron chi connectivity index (χ2n) is 5.34. The van der Waals surface area contributed by atoms with Crippen LogP contribution in [-0.4, -0.2) is 25.4 Å². The normalized spacial score (nSPS) is 10.8. The first-order chi connectivity index (χ1) is 12.1. The summed E-state index contributed by atoms with van der Waals surface area (Å²) in [7, 11) is 1.57. The van der Waals surface area contributed by atoms with E-state index in [1.807, 2.05) is 12.1 Å². The monoisotopic (exact) mass is 431 g/mol. The summed E-state index contributed by atoms with van der Waals surface area (Å²) in [6, 6.07) is 7.90. The summed E-state index contributed by atoms with van der Waals surface area (Å²) in [6.07, 6.45) is 0.670. The van der Waals surface area contributed by atoms with Crippen LogP contribution in [0, 0.1) is 5.82 Å². The van der Waals surface area contributed by atoms with Crippen molar-refractivity contribution in [2.24, 2.45) is 0 Å². The minimum atomic E-state index is -0.387. The zero-order valence-electron chi connectivity index (χ0n) is 13.8. The molecule has 0 amide bonds. The molecule has 0 heterocycles. The molecule has 2 N–H and O–H groups in total. The molecule has 136 valence electrons. The van der Waals surface area contributed by atoms with Gasteiger partial charge in [-0.3, -0.25) is 0 Å². The molecule has 0 saturated carbocycles. The first-order valence-corrected chi connectivity index (χ1v) is 8.97. The van der Waals surface area contributed by atoms with Crippen molar-refractivity contribution in [3.63, 3.8) is 0 Å². The van der Waals surface area contributed by atoms with Gasteiger partial charge in [0.15, 0.2) is 11.5 Å². The molecule has 4 nitrogen and oxygen atoms in total. The Morgan fingerprint density at radius 1 is 1.28 bits per heavy atom. The Morgan fingerprint density at radius 3 is 2.76 bits per heavy atom. The highest BCUT2D eigenvalue weighted by molar-refractivity contribution is 9.10. The predicted molar refractivity (Wildman–Crippen MR) is 99.8 cm³/mol. The Balaban J connectivity index is 2.20. The van der Waals surface area contributed by atoms with Crippen LogP contribution in [0.3, 0.4) is 0 Å². The van der Waals surface area contributed by atoms with E-state index < -0.39 is 0 Å². The summed E-state index contributed by atoms with van der Waals surface area (Å²) in [5, 5.41) is 12.4. The van der Waals surface area contributed by atoms with Crippen molar-refractivity contribution in [1.29, 1.82) is 0 Å². The summed E-state index contributed by atoms with van der Waals surface area (Å²) in [5.41, 5.74) is 1.58. The lowest BCUT2D eigenvalue weighted by atomic mass is 10.1. The lowest BCUT2D eigenvalue weighted by Crippen LogP contribution is -2.17. The molecule has 2 aromatic rings. The predicted octanol–water partition coefficient (Wildman–Crippen LogP) is 4.30. The molecule has 0 saturated heterocycles. The molecular weight excluding hydrogens is 413 g/mol. The summed E-state index contributed by atoms with van der Waals surface area (Å²) < 4.78 is 25.4. The molecule has 0 aliphatic carbocycles. The fourth-order valence-corrected chi connectivity index (χ4v) is 2.95. The number of aliphatic hydroxyl groups is 1. The Kier molecular flexibility index (Phi) is 7.96. The van der Waals surface area contributed by atoms with Crippen LogP contribution in [0.5, 0.6) is 11.5 Å². The molecule has 0 spiro atoms. The molecule has 0 aliphatic rings. The van der Waals surface area contributed by atoms with Gasteiger partial charge in [-0.2, -0.15) is 0 Å². The van der Waals surface area contributed by atoms with Crippen molar-refractivity contribution in [2.45, 2.75) is 19.6 Å². The van der Waals surface area contributed by atoms with Crippen LogP contribution in [0.2, 0.25) is 5.02 Å². The number of nitrogens with one attached hydrogen (secondary N) is 1. The molecule has 0 atom stereocenters. The number of aliphatic hydroxyl groups excluding tert-OH is 1. The lowest BCUT2D eigenvalue weighted by Gasteiger charge is -2.17. The van der Waals surface area contributed by atoms with E-state index in [2.05, 4.69) is 21.2 Å². The van der Waals surface area contributed by atoms with Gasteiger partial charge in [-0.25, -0.2) is 4.39 Å². The topological polar surface area (TPSA) is 50.7 Å². The summed E-state index contributed by atoms with van der Waals surface area (Å²) in [5.74, 6) is 0.803. The third-order valence-corrected chi connectivity index (χ3v) is 4.68. The van der Waals surface area contributed by atoms with E-state index in [0.29, 0.717) is 41.6 Å². The summed E-state index contributed by atoms with van der Waals surface area (Å²) in [6.45, 7) is 1.56. The van der Waals surface area contributed by atoms with E-state index in [4.69, 9.17) is 26.2 Å². The SMILES string of the molecule is COc1ccc(Br)c(CNCCCO)c1OCc1ccc(F)cc1Cl. The molecule has 7 heteroatoms.